The predicted octanol–water partition coefficient (Wildman–Crippen LogP) is 4.79. The molecule has 2 rings (SSSR count). The van der Waals surface area contributed by atoms with E-state index in [2.05, 4.69) is 4.98 Å². The summed E-state index contributed by atoms with van der Waals surface area (Å²) >= 11 is 5.86. The third kappa shape index (κ3) is 7.53. The van der Waals surface area contributed by atoms with Gasteiger partial charge in [0.2, 0.25) is 0 Å². The van der Waals surface area contributed by atoms with Gasteiger partial charge in [0.15, 0.2) is 0 Å². The number of carbonyl (C=O) groups excluding carboxylic acids is 1. The number of aromatic nitrogens is 2. The molecule has 0 spiro atoms. The van der Waals surface area contributed by atoms with Crippen molar-refractivity contribution in [3.63, 3.8) is 0 Å². The Bertz CT molecular complexity index is 917. The zero-order valence-corrected chi connectivity index (χ0v) is 17.1. The maximum absolute atomic E-state index is 12.6. The smallest absolute Gasteiger partial charge is 0.389 e. The van der Waals surface area contributed by atoms with Gasteiger partial charge in [-0.1, -0.05) is 23.7 Å². The molecule has 0 saturated carbocycles. The van der Waals surface area contributed by atoms with Crippen molar-refractivity contribution in [2.75, 3.05) is 0 Å². The summed E-state index contributed by atoms with van der Waals surface area (Å²) in [5.74, 6) is -0.574. The first-order valence-electron chi connectivity index (χ1n) is 8.99. The fourth-order valence-electron chi connectivity index (χ4n) is 2.63. The zero-order chi connectivity index (χ0) is 21.8. The van der Waals surface area contributed by atoms with Crippen molar-refractivity contribution in [1.29, 1.82) is 0 Å². The topological polar surface area (TPSA) is 61.2 Å². The molecular formula is C20H22ClF3N2O3. The lowest BCUT2D eigenvalue weighted by molar-refractivity contribution is -0.155. The highest BCUT2D eigenvalue weighted by molar-refractivity contribution is 6.30. The standard InChI is InChI=1S/C20H22ClF3N2O3/c1-19(2,3)29-18(28)12-26-16(5-4-10-20(22,23)24)25-15(11-17(26)27)13-6-8-14(21)9-7-13/h6-9,11H,4-5,10,12H2,1-3H3. The highest BCUT2D eigenvalue weighted by atomic mass is 35.5. The molecule has 29 heavy (non-hydrogen) atoms. The molecule has 158 valence electrons. The van der Waals surface area contributed by atoms with E-state index in [-0.39, 0.29) is 18.7 Å². The summed E-state index contributed by atoms with van der Waals surface area (Å²) in [6.45, 7) is 4.62. The van der Waals surface area contributed by atoms with Crippen LogP contribution in [0.25, 0.3) is 11.3 Å². The predicted molar refractivity (Wildman–Crippen MR) is 104 cm³/mol. The maximum atomic E-state index is 12.6. The number of esters is 1. The lowest BCUT2D eigenvalue weighted by atomic mass is 10.1. The molecule has 0 bridgehead atoms. The molecule has 1 aromatic carbocycles. The van der Waals surface area contributed by atoms with Gasteiger partial charge in [0, 0.05) is 29.5 Å². The summed E-state index contributed by atoms with van der Waals surface area (Å²) in [5, 5.41) is 0.498. The largest absolute Gasteiger partial charge is 0.459 e. The van der Waals surface area contributed by atoms with Gasteiger partial charge in [0.25, 0.3) is 5.56 Å². The Labute approximate surface area is 171 Å². The fraction of sp³-hybridized carbons (Fsp3) is 0.450. The normalized spacial score (nSPS) is 12.1. The molecule has 0 saturated heterocycles. The van der Waals surface area contributed by atoms with Crippen LogP contribution in [-0.4, -0.2) is 27.3 Å². The van der Waals surface area contributed by atoms with Crippen molar-refractivity contribution in [2.24, 2.45) is 0 Å². The first kappa shape index (κ1) is 22.9. The van der Waals surface area contributed by atoms with E-state index in [1.54, 1.807) is 45.0 Å². The second kappa shape index (κ2) is 8.98. The SMILES string of the molecule is CC(C)(C)OC(=O)Cn1c(CCCC(F)(F)F)nc(-c2ccc(Cl)cc2)cc1=O. The average molecular weight is 431 g/mol. The summed E-state index contributed by atoms with van der Waals surface area (Å²) in [7, 11) is 0. The third-order valence-electron chi connectivity index (χ3n) is 3.80. The number of hydrogen-bond acceptors (Lipinski definition) is 4. The van der Waals surface area contributed by atoms with E-state index in [9.17, 15) is 22.8 Å². The number of benzene rings is 1. The number of halogens is 4. The van der Waals surface area contributed by atoms with Crippen LogP contribution in [-0.2, 0) is 22.5 Å². The van der Waals surface area contributed by atoms with Crippen molar-refractivity contribution in [3.8, 4) is 11.3 Å². The molecule has 0 atom stereocenters. The van der Waals surface area contributed by atoms with Crippen molar-refractivity contribution in [3.05, 3.63) is 51.5 Å². The molecule has 0 aliphatic heterocycles. The van der Waals surface area contributed by atoms with Gasteiger partial charge < -0.3 is 4.74 Å². The Hall–Kier alpha value is -2.35. The molecule has 0 aliphatic carbocycles. The first-order chi connectivity index (χ1) is 13.3. The molecular weight excluding hydrogens is 409 g/mol. The van der Waals surface area contributed by atoms with E-state index in [1.165, 1.54) is 6.07 Å². The van der Waals surface area contributed by atoms with Crippen molar-refractivity contribution < 1.29 is 22.7 Å². The number of hydrogen-bond donors (Lipinski definition) is 0. The van der Waals surface area contributed by atoms with Crippen molar-refractivity contribution in [1.82, 2.24) is 9.55 Å². The molecule has 0 fully saturated rings. The summed E-state index contributed by atoms with van der Waals surface area (Å²) in [6, 6.07) is 7.78. The summed E-state index contributed by atoms with van der Waals surface area (Å²) < 4.78 is 43.9. The fourth-order valence-corrected chi connectivity index (χ4v) is 2.76. The minimum Gasteiger partial charge on any atom is -0.459 e. The molecule has 5 nitrogen and oxygen atoms in total. The third-order valence-corrected chi connectivity index (χ3v) is 4.05. The first-order valence-corrected chi connectivity index (χ1v) is 9.37. The van der Waals surface area contributed by atoms with E-state index in [1.807, 2.05) is 0 Å². The minimum absolute atomic E-state index is 0.0950. The minimum atomic E-state index is -4.32. The second-order valence-electron chi connectivity index (χ2n) is 7.54. The number of rotatable bonds is 6. The van der Waals surface area contributed by atoms with Crippen LogP contribution in [0.3, 0.4) is 0 Å². The van der Waals surface area contributed by atoms with E-state index in [0.717, 1.165) is 4.57 Å². The lowest BCUT2D eigenvalue weighted by Gasteiger charge is -2.20. The van der Waals surface area contributed by atoms with Crippen LogP contribution in [0.4, 0.5) is 13.2 Å². The Kier molecular flexibility index (Phi) is 7.11. The van der Waals surface area contributed by atoms with Crippen LogP contribution in [0.1, 0.15) is 39.4 Å². The molecule has 0 unspecified atom stereocenters. The number of ether oxygens (including phenoxy) is 1. The monoisotopic (exact) mass is 430 g/mol. The lowest BCUT2D eigenvalue weighted by Crippen LogP contribution is -2.32. The van der Waals surface area contributed by atoms with Gasteiger partial charge in [-0.25, -0.2) is 4.98 Å². The molecule has 1 heterocycles. The van der Waals surface area contributed by atoms with Crippen LogP contribution in [0, 0.1) is 0 Å². The quantitative estimate of drug-likeness (QED) is 0.618. The molecule has 9 heteroatoms. The van der Waals surface area contributed by atoms with Crippen molar-refractivity contribution in [2.45, 2.75) is 58.4 Å². The molecule has 0 N–H and O–H groups in total. The molecule has 0 radical (unpaired) electrons. The van der Waals surface area contributed by atoms with Crippen LogP contribution in [0.15, 0.2) is 35.1 Å². The van der Waals surface area contributed by atoms with Crippen molar-refractivity contribution >= 4 is 17.6 Å². The van der Waals surface area contributed by atoms with Gasteiger partial charge in [0.05, 0.1) is 5.69 Å². The van der Waals surface area contributed by atoms with Gasteiger partial charge in [-0.05, 0) is 39.3 Å². The number of aryl methyl sites for hydroxylation is 1. The van der Waals surface area contributed by atoms with Gasteiger partial charge in [0.1, 0.15) is 18.0 Å². The summed E-state index contributed by atoms with van der Waals surface area (Å²) in [5.41, 5.74) is -0.409. The number of nitrogens with zero attached hydrogens (tertiary/aromatic N) is 2. The Balaban J connectivity index is 2.38. The Morgan fingerprint density at radius 2 is 1.79 bits per heavy atom. The Morgan fingerprint density at radius 1 is 1.17 bits per heavy atom. The molecule has 1 aromatic heterocycles. The zero-order valence-electron chi connectivity index (χ0n) is 16.3. The van der Waals surface area contributed by atoms with Crippen LogP contribution < -0.4 is 5.56 Å². The van der Waals surface area contributed by atoms with E-state index >= 15 is 0 Å². The highest BCUT2D eigenvalue weighted by Crippen LogP contribution is 2.23. The van der Waals surface area contributed by atoms with Gasteiger partial charge in [-0.3, -0.25) is 14.2 Å². The maximum Gasteiger partial charge on any atom is 0.389 e. The number of alkyl halides is 3. The van der Waals surface area contributed by atoms with Crippen LogP contribution in [0.5, 0.6) is 0 Å². The van der Waals surface area contributed by atoms with E-state index in [0.29, 0.717) is 16.3 Å². The summed E-state index contributed by atoms with van der Waals surface area (Å²) in [6.07, 6.45) is -5.70. The summed E-state index contributed by atoms with van der Waals surface area (Å²) in [4.78, 5) is 29.1. The van der Waals surface area contributed by atoms with Gasteiger partial charge >= 0.3 is 12.1 Å². The number of carbonyl (C=O) groups is 1. The second-order valence-corrected chi connectivity index (χ2v) is 7.98. The van der Waals surface area contributed by atoms with E-state index in [4.69, 9.17) is 16.3 Å². The van der Waals surface area contributed by atoms with Crippen LogP contribution >= 0.6 is 11.6 Å². The molecule has 0 aliphatic rings. The van der Waals surface area contributed by atoms with Crippen LogP contribution in [0.2, 0.25) is 5.02 Å². The Morgan fingerprint density at radius 3 is 2.34 bits per heavy atom. The van der Waals surface area contributed by atoms with Gasteiger partial charge in [-0.15, -0.1) is 0 Å². The van der Waals surface area contributed by atoms with Gasteiger partial charge in [-0.2, -0.15) is 13.2 Å². The highest BCUT2D eigenvalue weighted by Gasteiger charge is 2.27. The van der Waals surface area contributed by atoms with E-state index < -0.39 is 36.3 Å². The average Bonchev–Trinajstić information content (AvgIpc) is 2.55. The molecule has 2 aromatic rings. The molecule has 0 amide bonds.